The van der Waals surface area contributed by atoms with Gasteiger partial charge >= 0.3 is 0 Å². The van der Waals surface area contributed by atoms with Crippen LogP contribution in [0.15, 0.2) is 18.2 Å². The molecule has 0 atom stereocenters. The minimum Gasteiger partial charge on any atom is -0.493 e. The Labute approximate surface area is 127 Å². The molecule has 1 amide bonds. The quantitative estimate of drug-likeness (QED) is 0.708. The van der Waals surface area contributed by atoms with Crippen LogP contribution in [-0.2, 0) is 11.3 Å². The van der Waals surface area contributed by atoms with E-state index in [1.54, 1.807) is 14.2 Å². The van der Waals surface area contributed by atoms with Crippen LogP contribution in [0.4, 0.5) is 0 Å². The van der Waals surface area contributed by atoms with Gasteiger partial charge in [-0.15, -0.1) is 0 Å². The van der Waals surface area contributed by atoms with Crippen LogP contribution in [0.1, 0.15) is 25.8 Å². The van der Waals surface area contributed by atoms with Crippen molar-refractivity contribution in [3.05, 3.63) is 23.8 Å². The van der Waals surface area contributed by atoms with Gasteiger partial charge in [-0.05, 0) is 19.9 Å². The first-order valence-corrected chi connectivity index (χ1v) is 7.36. The van der Waals surface area contributed by atoms with Gasteiger partial charge in [0.1, 0.15) is 0 Å². The molecule has 0 heterocycles. The Balaban J connectivity index is 2.48. The summed E-state index contributed by atoms with van der Waals surface area (Å²) < 4.78 is 10.6. The maximum Gasteiger partial charge on any atom is 0.223 e. The summed E-state index contributed by atoms with van der Waals surface area (Å²) in [7, 11) is 3.25. The summed E-state index contributed by atoms with van der Waals surface area (Å²) in [4.78, 5) is 13.7. The summed E-state index contributed by atoms with van der Waals surface area (Å²) in [5.74, 6) is 1.64. The molecular weight excluding hydrogens is 268 g/mol. The third-order valence-electron chi connectivity index (χ3n) is 3.43. The van der Waals surface area contributed by atoms with Crippen LogP contribution >= 0.6 is 0 Å². The van der Waals surface area contributed by atoms with Gasteiger partial charge in [0.2, 0.25) is 5.91 Å². The predicted octanol–water partition coefficient (Wildman–Crippen LogP) is 2.05. The molecule has 0 saturated heterocycles. The summed E-state index contributed by atoms with van der Waals surface area (Å²) in [6, 6.07) is 5.78. The van der Waals surface area contributed by atoms with E-state index >= 15 is 0 Å². The number of carbonyl (C=O) groups is 1. The zero-order chi connectivity index (χ0) is 15.7. The van der Waals surface area contributed by atoms with Crippen molar-refractivity contribution in [2.24, 2.45) is 0 Å². The molecule has 21 heavy (non-hydrogen) atoms. The van der Waals surface area contributed by atoms with E-state index in [1.165, 1.54) is 0 Å². The second-order valence-corrected chi connectivity index (χ2v) is 4.65. The molecule has 0 aliphatic carbocycles. The first kappa shape index (κ1) is 17.3. The van der Waals surface area contributed by atoms with Gasteiger partial charge in [-0.1, -0.05) is 12.1 Å². The van der Waals surface area contributed by atoms with E-state index in [0.717, 1.165) is 30.2 Å². The lowest BCUT2D eigenvalue weighted by Gasteiger charge is -2.18. The number of amides is 1. The molecule has 0 bridgehead atoms. The SMILES string of the molecule is CCN(CC)C(=O)CCNCc1cccc(OC)c1OC. The molecule has 0 radical (unpaired) electrons. The van der Waals surface area contributed by atoms with Gasteiger partial charge in [-0.25, -0.2) is 0 Å². The molecular formula is C16H26N2O3. The van der Waals surface area contributed by atoms with Crippen molar-refractivity contribution in [3.8, 4) is 11.5 Å². The minimum absolute atomic E-state index is 0.185. The highest BCUT2D eigenvalue weighted by Crippen LogP contribution is 2.30. The molecule has 118 valence electrons. The van der Waals surface area contributed by atoms with Gasteiger partial charge in [0.15, 0.2) is 11.5 Å². The highest BCUT2D eigenvalue weighted by molar-refractivity contribution is 5.76. The zero-order valence-corrected chi connectivity index (χ0v) is 13.4. The van der Waals surface area contributed by atoms with Gasteiger partial charge in [0, 0.05) is 38.2 Å². The van der Waals surface area contributed by atoms with Gasteiger partial charge in [-0.2, -0.15) is 0 Å². The lowest BCUT2D eigenvalue weighted by atomic mass is 10.2. The molecule has 0 unspecified atom stereocenters. The van der Waals surface area contributed by atoms with Crippen molar-refractivity contribution >= 4 is 5.91 Å². The molecule has 5 heteroatoms. The van der Waals surface area contributed by atoms with E-state index in [4.69, 9.17) is 9.47 Å². The number of methoxy groups -OCH3 is 2. The van der Waals surface area contributed by atoms with Crippen molar-refractivity contribution in [2.45, 2.75) is 26.8 Å². The number of para-hydroxylation sites is 1. The van der Waals surface area contributed by atoms with Gasteiger partial charge < -0.3 is 19.7 Å². The van der Waals surface area contributed by atoms with Crippen LogP contribution in [0.5, 0.6) is 11.5 Å². The Morgan fingerprint density at radius 2 is 1.90 bits per heavy atom. The number of rotatable bonds is 9. The largest absolute Gasteiger partial charge is 0.493 e. The Morgan fingerprint density at radius 1 is 1.19 bits per heavy atom. The summed E-state index contributed by atoms with van der Waals surface area (Å²) in [6.07, 6.45) is 0.508. The fourth-order valence-electron chi connectivity index (χ4n) is 2.25. The fraction of sp³-hybridized carbons (Fsp3) is 0.562. The second-order valence-electron chi connectivity index (χ2n) is 4.65. The molecule has 1 N–H and O–H groups in total. The Hall–Kier alpha value is -1.75. The van der Waals surface area contributed by atoms with Crippen molar-refractivity contribution < 1.29 is 14.3 Å². The normalized spacial score (nSPS) is 10.3. The highest BCUT2D eigenvalue weighted by Gasteiger charge is 2.10. The molecule has 1 rings (SSSR count). The van der Waals surface area contributed by atoms with Crippen LogP contribution in [0.2, 0.25) is 0 Å². The number of nitrogens with zero attached hydrogens (tertiary/aromatic N) is 1. The van der Waals surface area contributed by atoms with Crippen molar-refractivity contribution in [3.63, 3.8) is 0 Å². The molecule has 1 aromatic rings. The van der Waals surface area contributed by atoms with Crippen molar-refractivity contribution in [1.29, 1.82) is 0 Å². The van der Waals surface area contributed by atoms with E-state index in [9.17, 15) is 4.79 Å². The number of hydrogen-bond donors (Lipinski definition) is 1. The maximum absolute atomic E-state index is 11.9. The Kier molecular flexibility index (Phi) is 7.61. The monoisotopic (exact) mass is 294 g/mol. The highest BCUT2D eigenvalue weighted by atomic mass is 16.5. The topological polar surface area (TPSA) is 50.8 Å². The standard InChI is InChI=1S/C16H26N2O3/c1-5-18(6-2)15(19)10-11-17-12-13-8-7-9-14(20-3)16(13)21-4/h7-9,17H,5-6,10-12H2,1-4H3. The molecule has 0 saturated carbocycles. The van der Waals surface area contributed by atoms with Gasteiger partial charge in [0.05, 0.1) is 14.2 Å². The number of hydrogen-bond acceptors (Lipinski definition) is 4. The van der Waals surface area contributed by atoms with Crippen LogP contribution in [-0.4, -0.2) is 44.7 Å². The first-order valence-electron chi connectivity index (χ1n) is 7.36. The molecule has 0 fully saturated rings. The smallest absolute Gasteiger partial charge is 0.223 e. The van der Waals surface area contributed by atoms with Crippen LogP contribution in [0, 0.1) is 0 Å². The first-order chi connectivity index (χ1) is 10.2. The maximum atomic E-state index is 11.9. The lowest BCUT2D eigenvalue weighted by molar-refractivity contribution is -0.130. The van der Waals surface area contributed by atoms with Crippen molar-refractivity contribution in [2.75, 3.05) is 33.9 Å². The number of benzene rings is 1. The minimum atomic E-state index is 0.185. The van der Waals surface area contributed by atoms with E-state index < -0.39 is 0 Å². The summed E-state index contributed by atoms with van der Waals surface area (Å²) >= 11 is 0. The molecule has 0 aliphatic rings. The van der Waals surface area contributed by atoms with E-state index in [1.807, 2.05) is 36.9 Å². The van der Waals surface area contributed by atoms with Gasteiger partial charge in [-0.3, -0.25) is 4.79 Å². The third kappa shape index (κ3) is 4.93. The number of nitrogens with one attached hydrogen (secondary N) is 1. The Morgan fingerprint density at radius 3 is 2.48 bits per heavy atom. The van der Waals surface area contributed by atoms with Gasteiger partial charge in [0.25, 0.3) is 0 Å². The molecule has 5 nitrogen and oxygen atoms in total. The number of carbonyl (C=O) groups excluding carboxylic acids is 1. The summed E-state index contributed by atoms with van der Waals surface area (Å²) in [6.45, 7) is 6.81. The second kappa shape index (κ2) is 9.23. The fourth-order valence-corrected chi connectivity index (χ4v) is 2.25. The molecule has 0 spiro atoms. The zero-order valence-electron chi connectivity index (χ0n) is 13.4. The molecule has 0 aliphatic heterocycles. The average molecular weight is 294 g/mol. The van der Waals surface area contributed by atoms with E-state index in [0.29, 0.717) is 19.5 Å². The lowest BCUT2D eigenvalue weighted by Crippen LogP contribution is -2.32. The Bertz CT molecular complexity index is 445. The average Bonchev–Trinajstić information content (AvgIpc) is 2.52. The third-order valence-corrected chi connectivity index (χ3v) is 3.43. The molecule has 0 aromatic heterocycles. The van der Waals surface area contributed by atoms with Crippen LogP contribution < -0.4 is 14.8 Å². The summed E-state index contributed by atoms with van der Waals surface area (Å²) in [5, 5.41) is 3.28. The van der Waals surface area contributed by atoms with Crippen molar-refractivity contribution in [1.82, 2.24) is 10.2 Å². The van der Waals surface area contributed by atoms with Crippen LogP contribution in [0.25, 0.3) is 0 Å². The summed E-state index contributed by atoms with van der Waals surface area (Å²) in [5.41, 5.74) is 1.02. The van der Waals surface area contributed by atoms with E-state index in [-0.39, 0.29) is 5.91 Å². The molecule has 1 aromatic carbocycles. The van der Waals surface area contributed by atoms with E-state index in [2.05, 4.69) is 5.32 Å². The predicted molar refractivity (Wildman–Crippen MR) is 83.8 cm³/mol. The van der Waals surface area contributed by atoms with Crippen LogP contribution in [0.3, 0.4) is 0 Å². The number of ether oxygens (including phenoxy) is 2.